The Hall–Kier alpha value is -1.77. The number of nitrogens with one attached hydrogen (secondary N) is 2. The first-order valence-electron chi connectivity index (χ1n) is 8.94. The van der Waals surface area contributed by atoms with E-state index >= 15 is 0 Å². The number of benzene rings is 2. The van der Waals surface area contributed by atoms with Crippen LogP contribution in [0, 0.1) is 5.82 Å². The van der Waals surface area contributed by atoms with E-state index in [1.807, 2.05) is 18.2 Å². The molecule has 0 fully saturated rings. The number of amides is 1. The molecule has 2 aromatic rings. The summed E-state index contributed by atoms with van der Waals surface area (Å²) in [6.07, 6.45) is 4.60. The zero-order valence-corrected chi connectivity index (χ0v) is 17.4. The molecule has 0 bridgehead atoms. The van der Waals surface area contributed by atoms with Crippen molar-refractivity contribution in [2.24, 2.45) is 0 Å². The molecule has 6 heteroatoms. The molecular weight excluding hydrogens is 456 g/mol. The predicted molar refractivity (Wildman–Crippen MR) is 118 cm³/mol. The molecule has 2 rings (SSSR count). The maximum absolute atomic E-state index is 13.5. The zero-order chi connectivity index (χ0) is 19.3. The Bertz CT molecular complexity index is 724. The summed E-state index contributed by atoms with van der Waals surface area (Å²) >= 11 is 2.36. The Balaban J connectivity index is 1.60. The Morgan fingerprint density at radius 1 is 1.07 bits per heavy atom. The number of rotatable bonds is 11. The van der Waals surface area contributed by atoms with E-state index in [-0.39, 0.29) is 11.6 Å². The van der Waals surface area contributed by atoms with Crippen molar-refractivity contribution in [2.75, 3.05) is 36.0 Å². The summed E-state index contributed by atoms with van der Waals surface area (Å²) in [4.78, 5) is 14.2. The van der Waals surface area contributed by atoms with Crippen molar-refractivity contribution < 1.29 is 9.18 Å². The third-order valence-corrected chi connectivity index (χ3v) is 4.89. The highest BCUT2D eigenvalue weighted by molar-refractivity contribution is 14.1. The quantitative estimate of drug-likeness (QED) is 0.220. The molecule has 0 unspecified atom stereocenters. The molecule has 0 aliphatic carbocycles. The molecular formula is C21H25FIN3O. The fraction of sp³-hybridized carbons (Fsp3) is 0.286. The summed E-state index contributed by atoms with van der Waals surface area (Å²) < 4.78 is 14.4. The number of nitrogens with zero attached hydrogens (tertiary/aromatic N) is 1. The molecule has 0 heterocycles. The van der Waals surface area contributed by atoms with E-state index in [0.717, 1.165) is 24.2 Å². The first-order valence-corrected chi connectivity index (χ1v) is 10.5. The van der Waals surface area contributed by atoms with Crippen LogP contribution in [0.1, 0.15) is 12.0 Å². The van der Waals surface area contributed by atoms with E-state index in [2.05, 4.69) is 62.4 Å². The second-order valence-electron chi connectivity index (χ2n) is 6.04. The fourth-order valence-electron chi connectivity index (χ4n) is 2.44. The van der Waals surface area contributed by atoms with Crippen molar-refractivity contribution in [3.05, 3.63) is 72.1 Å². The van der Waals surface area contributed by atoms with Gasteiger partial charge in [-0.1, -0.05) is 77.2 Å². The van der Waals surface area contributed by atoms with Crippen LogP contribution in [0.3, 0.4) is 0 Å². The number of carbonyl (C=O) groups excluding carboxylic acids is 1. The van der Waals surface area contributed by atoms with Crippen LogP contribution in [0.4, 0.5) is 10.1 Å². The van der Waals surface area contributed by atoms with Gasteiger partial charge < -0.3 is 10.6 Å². The molecule has 0 saturated heterocycles. The summed E-state index contributed by atoms with van der Waals surface area (Å²) in [6.45, 7) is 3.15. The van der Waals surface area contributed by atoms with Crippen LogP contribution in [0.25, 0.3) is 6.08 Å². The first kappa shape index (κ1) is 21.5. The monoisotopic (exact) mass is 481 g/mol. The molecule has 144 valence electrons. The first-order chi connectivity index (χ1) is 13.2. The van der Waals surface area contributed by atoms with Gasteiger partial charge >= 0.3 is 0 Å². The average Bonchev–Trinajstić information content (AvgIpc) is 2.69. The largest absolute Gasteiger partial charge is 0.324 e. The number of hydrogen-bond acceptors (Lipinski definition) is 3. The highest BCUT2D eigenvalue weighted by atomic mass is 127. The van der Waals surface area contributed by atoms with Crippen molar-refractivity contribution in [2.45, 2.75) is 6.42 Å². The van der Waals surface area contributed by atoms with Crippen molar-refractivity contribution in [1.29, 1.82) is 0 Å². The highest BCUT2D eigenvalue weighted by Gasteiger charge is 2.06. The SMILES string of the molecule is O=C(CCNCCN(CI)C/C=C/c1ccccc1)Nc1ccccc1F. The number of anilines is 1. The average molecular weight is 481 g/mol. The summed E-state index contributed by atoms with van der Waals surface area (Å²) in [6, 6.07) is 16.4. The smallest absolute Gasteiger partial charge is 0.225 e. The minimum Gasteiger partial charge on any atom is -0.324 e. The van der Waals surface area contributed by atoms with Gasteiger partial charge in [0.1, 0.15) is 5.82 Å². The van der Waals surface area contributed by atoms with Crippen molar-refractivity contribution in [3.8, 4) is 0 Å². The van der Waals surface area contributed by atoms with Crippen LogP contribution in [-0.2, 0) is 4.79 Å². The van der Waals surface area contributed by atoms with Crippen LogP contribution in [0.5, 0.6) is 0 Å². The lowest BCUT2D eigenvalue weighted by molar-refractivity contribution is -0.116. The molecule has 2 N–H and O–H groups in total. The molecule has 4 nitrogen and oxygen atoms in total. The lowest BCUT2D eigenvalue weighted by Gasteiger charge is -2.17. The summed E-state index contributed by atoms with van der Waals surface area (Å²) in [5, 5.41) is 5.86. The number of hydrogen-bond donors (Lipinski definition) is 2. The van der Waals surface area contributed by atoms with Gasteiger partial charge in [0, 0.05) is 32.6 Å². The molecule has 0 aliphatic rings. The number of halogens is 2. The molecule has 0 aliphatic heterocycles. The third-order valence-electron chi connectivity index (χ3n) is 3.92. The van der Waals surface area contributed by atoms with Crippen LogP contribution in [0.15, 0.2) is 60.7 Å². The van der Waals surface area contributed by atoms with Gasteiger partial charge in [0.25, 0.3) is 0 Å². The molecule has 0 atom stereocenters. The van der Waals surface area contributed by atoms with Gasteiger partial charge in [-0.25, -0.2) is 4.39 Å². The van der Waals surface area contributed by atoms with Gasteiger partial charge in [0.15, 0.2) is 0 Å². The van der Waals surface area contributed by atoms with Gasteiger partial charge in [-0.15, -0.1) is 0 Å². The summed E-state index contributed by atoms with van der Waals surface area (Å²) in [7, 11) is 0. The zero-order valence-electron chi connectivity index (χ0n) is 15.2. The Morgan fingerprint density at radius 3 is 2.56 bits per heavy atom. The molecule has 0 radical (unpaired) electrons. The van der Waals surface area contributed by atoms with Crippen LogP contribution in [-0.4, -0.2) is 41.5 Å². The maximum Gasteiger partial charge on any atom is 0.225 e. The minimum atomic E-state index is -0.417. The Morgan fingerprint density at radius 2 is 1.81 bits per heavy atom. The third kappa shape index (κ3) is 8.64. The van der Waals surface area contributed by atoms with E-state index in [0.29, 0.717) is 13.0 Å². The molecule has 0 aromatic heterocycles. The normalized spacial score (nSPS) is 11.2. The summed E-state index contributed by atoms with van der Waals surface area (Å²) in [5.74, 6) is -0.607. The number of para-hydroxylation sites is 1. The summed E-state index contributed by atoms with van der Waals surface area (Å²) in [5.41, 5.74) is 1.42. The number of carbonyl (C=O) groups is 1. The molecule has 27 heavy (non-hydrogen) atoms. The standard InChI is InChI=1S/C21H25FIN3O/c22-19-10-4-5-11-20(19)25-21(27)12-13-24-14-16-26(17-23)15-6-9-18-7-2-1-3-8-18/h1-11,24H,12-17H2,(H,25,27)/b9-6+. The minimum absolute atomic E-state index is 0.191. The molecule has 2 aromatic carbocycles. The van der Waals surface area contributed by atoms with Crippen LogP contribution >= 0.6 is 22.6 Å². The van der Waals surface area contributed by atoms with Crippen molar-refractivity contribution >= 4 is 40.3 Å². The second-order valence-corrected chi connectivity index (χ2v) is 6.72. The number of alkyl halides is 1. The van der Waals surface area contributed by atoms with E-state index in [4.69, 9.17) is 0 Å². The fourth-order valence-corrected chi connectivity index (χ4v) is 3.06. The van der Waals surface area contributed by atoms with Crippen LogP contribution in [0.2, 0.25) is 0 Å². The Labute approximate surface area is 174 Å². The van der Waals surface area contributed by atoms with Gasteiger partial charge in [-0.3, -0.25) is 9.69 Å². The second kappa shape index (κ2) is 12.6. The van der Waals surface area contributed by atoms with Crippen molar-refractivity contribution in [3.63, 3.8) is 0 Å². The highest BCUT2D eigenvalue weighted by Crippen LogP contribution is 2.12. The topological polar surface area (TPSA) is 44.4 Å². The molecule has 0 saturated carbocycles. The van der Waals surface area contributed by atoms with E-state index < -0.39 is 5.82 Å². The van der Waals surface area contributed by atoms with Crippen LogP contribution < -0.4 is 10.6 Å². The van der Waals surface area contributed by atoms with Gasteiger partial charge in [0.05, 0.1) is 10.2 Å². The van der Waals surface area contributed by atoms with E-state index in [1.54, 1.807) is 18.2 Å². The van der Waals surface area contributed by atoms with Gasteiger partial charge in [-0.05, 0) is 17.7 Å². The van der Waals surface area contributed by atoms with E-state index in [1.165, 1.54) is 11.6 Å². The molecule has 1 amide bonds. The van der Waals surface area contributed by atoms with Crippen molar-refractivity contribution in [1.82, 2.24) is 10.2 Å². The maximum atomic E-state index is 13.5. The predicted octanol–water partition coefficient (Wildman–Crippen LogP) is 4.15. The Kier molecular flexibility index (Phi) is 10.0. The molecule has 0 spiro atoms. The lowest BCUT2D eigenvalue weighted by Crippen LogP contribution is -2.32. The van der Waals surface area contributed by atoms with E-state index in [9.17, 15) is 9.18 Å². The lowest BCUT2D eigenvalue weighted by atomic mass is 10.2. The van der Waals surface area contributed by atoms with Gasteiger partial charge in [0.2, 0.25) is 5.91 Å². The van der Waals surface area contributed by atoms with Gasteiger partial charge in [-0.2, -0.15) is 0 Å².